The molecule has 2 aromatic heterocycles. The molecule has 4 aromatic rings. The van der Waals surface area contributed by atoms with Crippen LogP contribution in [0.4, 0.5) is 19.0 Å². The van der Waals surface area contributed by atoms with E-state index in [1.54, 1.807) is 0 Å². The lowest BCUT2D eigenvalue weighted by Gasteiger charge is -2.16. The van der Waals surface area contributed by atoms with E-state index in [1.165, 1.54) is 0 Å². The van der Waals surface area contributed by atoms with Gasteiger partial charge in [0.1, 0.15) is 5.82 Å². The smallest absolute Gasteiger partial charge is 0.383 e. The standard InChI is InChI=1S/C25H21F3N4/c26-25(27,28)19-10-12-31-22(14-19)23-20(17-6-2-1-3-7-17)15-21(32-24(23)30)18-8-4-5-16(13-18)9-11-29/h1-8,10,12-15H,9,11,29H2,(H2,30,32). The molecule has 0 fully saturated rings. The van der Waals surface area contributed by atoms with Crippen molar-refractivity contribution in [3.05, 3.63) is 90.1 Å². The van der Waals surface area contributed by atoms with E-state index in [4.69, 9.17) is 11.5 Å². The second-order valence-corrected chi connectivity index (χ2v) is 7.35. The molecule has 7 heteroatoms. The Kier molecular flexibility index (Phi) is 5.92. The van der Waals surface area contributed by atoms with Crippen LogP contribution in [0.1, 0.15) is 11.1 Å². The number of hydrogen-bond acceptors (Lipinski definition) is 4. The van der Waals surface area contributed by atoms with Crippen molar-refractivity contribution in [3.63, 3.8) is 0 Å². The number of benzene rings is 2. The van der Waals surface area contributed by atoms with Crippen molar-refractivity contribution in [2.45, 2.75) is 12.6 Å². The summed E-state index contributed by atoms with van der Waals surface area (Å²) in [6.07, 6.45) is -2.63. The highest BCUT2D eigenvalue weighted by Crippen LogP contribution is 2.39. The van der Waals surface area contributed by atoms with Crippen molar-refractivity contribution in [1.29, 1.82) is 0 Å². The molecule has 4 rings (SSSR count). The van der Waals surface area contributed by atoms with Gasteiger partial charge in [0, 0.05) is 11.8 Å². The van der Waals surface area contributed by atoms with Gasteiger partial charge in [-0.25, -0.2) is 4.98 Å². The number of nitrogens with two attached hydrogens (primary N) is 2. The molecule has 2 heterocycles. The maximum atomic E-state index is 13.3. The molecule has 0 saturated carbocycles. The summed E-state index contributed by atoms with van der Waals surface area (Å²) in [5.41, 5.74) is 15.7. The van der Waals surface area contributed by atoms with Gasteiger partial charge >= 0.3 is 6.18 Å². The number of halogens is 3. The minimum absolute atomic E-state index is 0.109. The SMILES string of the molecule is NCCc1cccc(-c2cc(-c3ccccc3)c(-c3cc(C(F)(F)F)ccn3)c(N)n2)c1. The van der Waals surface area contributed by atoms with Gasteiger partial charge in [-0.1, -0.05) is 48.5 Å². The summed E-state index contributed by atoms with van der Waals surface area (Å²) in [5.74, 6) is 0.109. The molecule has 0 spiro atoms. The molecule has 0 bridgehead atoms. The zero-order valence-corrected chi connectivity index (χ0v) is 17.1. The summed E-state index contributed by atoms with van der Waals surface area (Å²) in [6, 6.07) is 20.9. The molecule has 162 valence electrons. The average Bonchev–Trinajstić information content (AvgIpc) is 2.79. The van der Waals surface area contributed by atoms with Crippen LogP contribution in [0.15, 0.2) is 79.0 Å². The lowest BCUT2D eigenvalue weighted by Crippen LogP contribution is -2.06. The van der Waals surface area contributed by atoms with E-state index in [0.717, 1.165) is 41.4 Å². The van der Waals surface area contributed by atoms with Crippen molar-refractivity contribution in [2.24, 2.45) is 5.73 Å². The molecule has 0 radical (unpaired) electrons. The Balaban J connectivity index is 1.93. The fourth-order valence-corrected chi connectivity index (χ4v) is 3.62. The Morgan fingerprint density at radius 2 is 1.56 bits per heavy atom. The van der Waals surface area contributed by atoms with E-state index >= 15 is 0 Å². The minimum Gasteiger partial charge on any atom is -0.383 e. The zero-order chi connectivity index (χ0) is 22.7. The Hall–Kier alpha value is -3.71. The Bertz CT molecular complexity index is 1240. The van der Waals surface area contributed by atoms with Crippen LogP contribution in [0, 0.1) is 0 Å². The van der Waals surface area contributed by atoms with E-state index in [0.29, 0.717) is 23.4 Å². The van der Waals surface area contributed by atoms with Gasteiger partial charge in [-0.05, 0) is 53.9 Å². The van der Waals surface area contributed by atoms with E-state index in [1.807, 2.05) is 60.7 Å². The molecule has 4 nitrogen and oxygen atoms in total. The van der Waals surface area contributed by atoms with E-state index in [2.05, 4.69) is 9.97 Å². The van der Waals surface area contributed by atoms with Gasteiger partial charge < -0.3 is 11.5 Å². The first-order valence-electron chi connectivity index (χ1n) is 10.1. The topological polar surface area (TPSA) is 77.8 Å². The highest BCUT2D eigenvalue weighted by molar-refractivity contribution is 5.90. The zero-order valence-electron chi connectivity index (χ0n) is 17.1. The van der Waals surface area contributed by atoms with Crippen LogP contribution < -0.4 is 11.5 Å². The first-order valence-corrected chi connectivity index (χ1v) is 10.1. The summed E-state index contributed by atoms with van der Waals surface area (Å²) in [7, 11) is 0. The van der Waals surface area contributed by atoms with Crippen LogP contribution in [0.5, 0.6) is 0 Å². The number of alkyl halides is 3. The van der Waals surface area contributed by atoms with E-state index < -0.39 is 11.7 Å². The number of rotatable bonds is 5. The lowest BCUT2D eigenvalue weighted by atomic mass is 9.95. The number of nitrogens with zero attached hydrogens (tertiary/aromatic N) is 2. The van der Waals surface area contributed by atoms with Gasteiger partial charge in [0.25, 0.3) is 0 Å². The molecule has 4 N–H and O–H groups in total. The molecule has 32 heavy (non-hydrogen) atoms. The summed E-state index contributed by atoms with van der Waals surface area (Å²) in [4.78, 5) is 8.70. The third-order valence-electron chi connectivity index (χ3n) is 5.13. The Morgan fingerprint density at radius 3 is 2.28 bits per heavy atom. The highest BCUT2D eigenvalue weighted by Gasteiger charge is 2.31. The normalized spacial score (nSPS) is 11.5. The molecule has 0 aliphatic carbocycles. The number of pyridine rings is 2. The number of hydrogen-bond donors (Lipinski definition) is 2. The predicted octanol–water partition coefficient (Wildman–Crippen LogP) is 5.58. The molecule has 2 aromatic carbocycles. The van der Waals surface area contributed by atoms with Crippen LogP contribution in [0.3, 0.4) is 0 Å². The molecular weight excluding hydrogens is 413 g/mol. The van der Waals surface area contributed by atoms with Crippen molar-refractivity contribution in [2.75, 3.05) is 12.3 Å². The number of anilines is 1. The van der Waals surface area contributed by atoms with Gasteiger partial charge in [0.2, 0.25) is 0 Å². The van der Waals surface area contributed by atoms with E-state index in [9.17, 15) is 13.2 Å². The third-order valence-corrected chi connectivity index (χ3v) is 5.13. The van der Waals surface area contributed by atoms with Crippen LogP contribution in [0.25, 0.3) is 33.6 Å². The lowest BCUT2D eigenvalue weighted by molar-refractivity contribution is -0.137. The van der Waals surface area contributed by atoms with Gasteiger partial charge in [0.05, 0.1) is 22.5 Å². The number of aromatic nitrogens is 2. The molecule has 0 aliphatic rings. The highest BCUT2D eigenvalue weighted by atomic mass is 19.4. The maximum Gasteiger partial charge on any atom is 0.416 e. The van der Waals surface area contributed by atoms with Gasteiger partial charge in [-0.15, -0.1) is 0 Å². The van der Waals surface area contributed by atoms with Crippen LogP contribution >= 0.6 is 0 Å². The average molecular weight is 434 g/mol. The third kappa shape index (κ3) is 4.48. The second kappa shape index (κ2) is 8.80. The molecule has 0 aliphatic heterocycles. The monoisotopic (exact) mass is 434 g/mol. The molecule has 0 atom stereocenters. The van der Waals surface area contributed by atoms with Crippen molar-refractivity contribution >= 4 is 5.82 Å². The van der Waals surface area contributed by atoms with Gasteiger partial charge in [-0.2, -0.15) is 13.2 Å². The Morgan fingerprint density at radius 1 is 0.812 bits per heavy atom. The quantitative estimate of drug-likeness (QED) is 0.430. The fraction of sp³-hybridized carbons (Fsp3) is 0.120. The summed E-state index contributed by atoms with van der Waals surface area (Å²) in [6.45, 7) is 0.522. The largest absolute Gasteiger partial charge is 0.416 e. The van der Waals surface area contributed by atoms with Crippen LogP contribution in [-0.4, -0.2) is 16.5 Å². The summed E-state index contributed by atoms with van der Waals surface area (Å²) < 4.78 is 39.9. The van der Waals surface area contributed by atoms with Crippen LogP contribution in [-0.2, 0) is 12.6 Å². The van der Waals surface area contributed by atoms with Crippen LogP contribution in [0.2, 0.25) is 0 Å². The van der Waals surface area contributed by atoms with E-state index in [-0.39, 0.29) is 11.5 Å². The second-order valence-electron chi connectivity index (χ2n) is 7.35. The van der Waals surface area contributed by atoms with Gasteiger partial charge in [0.15, 0.2) is 0 Å². The van der Waals surface area contributed by atoms with Crippen molar-refractivity contribution in [1.82, 2.24) is 9.97 Å². The first kappa shape index (κ1) is 21.5. The summed E-state index contributed by atoms with van der Waals surface area (Å²) >= 11 is 0. The van der Waals surface area contributed by atoms with Crippen molar-refractivity contribution in [3.8, 4) is 33.6 Å². The molecule has 0 unspecified atom stereocenters. The predicted molar refractivity (Wildman–Crippen MR) is 121 cm³/mol. The van der Waals surface area contributed by atoms with Crippen molar-refractivity contribution < 1.29 is 13.2 Å². The Labute approximate surface area is 183 Å². The number of nitrogen functional groups attached to an aromatic ring is 1. The maximum absolute atomic E-state index is 13.3. The summed E-state index contributed by atoms with van der Waals surface area (Å²) in [5, 5.41) is 0. The molecule has 0 amide bonds. The molecule has 0 saturated heterocycles. The first-order chi connectivity index (χ1) is 15.4. The van der Waals surface area contributed by atoms with Gasteiger partial charge in [-0.3, -0.25) is 4.98 Å². The fourth-order valence-electron chi connectivity index (χ4n) is 3.62. The minimum atomic E-state index is -4.49. The molecular formula is C25H21F3N4.